The minimum Gasteiger partial charge on any atom is -0.0836 e. The Bertz CT molecular complexity index is 1180. The highest BCUT2D eigenvalue weighted by Crippen LogP contribution is 2.36. The molecule has 0 radical (unpaired) electrons. The van der Waals surface area contributed by atoms with Gasteiger partial charge >= 0.3 is 0 Å². The lowest BCUT2D eigenvalue weighted by Crippen LogP contribution is -2.36. The largest absolute Gasteiger partial charge is 0.0836 e. The molecule has 28 heavy (non-hydrogen) atoms. The van der Waals surface area contributed by atoms with E-state index in [9.17, 15) is 0 Å². The molecule has 0 amide bonds. The van der Waals surface area contributed by atoms with Crippen LogP contribution in [0.4, 0.5) is 0 Å². The number of aryl methyl sites for hydroxylation is 1. The molecule has 0 fully saturated rings. The fourth-order valence-corrected chi connectivity index (χ4v) is 5.16. The zero-order valence-corrected chi connectivity index (χ0v) is 17.2. The standard InChI is InChI=1S/C28H28/c1-4-20-9-5-8-12-23(20)28-19(3)18(2)17-27-25-14-13-21-10-6-7-11-22(21)24(25)15-16-26(27)28/h5,7-9,11-12,14-18H,4,6,10,13H2,1-3H3. The summed E-state index contributed by atoms with van der Waals surface area (Å²) in [4.78, 5) is 0. The first kappa shape index (κ1) is 17.5. The van der Waals surface area contributed by atoms with Crippen LogP contribution < -0.4 is 10.4 Å². The van der Waals surface area contributed by atoms with Crippen molar-refractivity contribution in [3.63, 3.8) is 0 Å². The topological polar surface area (TPSA) is 0 Å². The molecule has 0 N–H and O–H groups in total. The summed E-state index contributed by atoms with van der Waals surface area (Å²) in [5.74, 6) is 0.463. The smallest absolute Gasteiger partial charge is 0.00355 e. The van der Waals surface area contributed by atoms with E-state index in [4.69, 9.17) is 0 Å². The average Bonchev–Trinajstić information content (AvgIpc) is 2.74. The second-order valence-electron chi connectivity index (χ2n) is 8.38. The van der Waals surface area contributed by atoms with E-state index in [-0.39, 0.29) is 0 Å². The number of hydrogen-bond donors (Lipinski definition) is 0. The van der Waals surface area contributed by atoms with Crippen molar-refractivity contribution in [2.45, 2.75) is 46.5 Å². The Hall–Kier alpha value is -2.60. The summed E-state index contributed by atoms with van der Waals surface area (Å²) in [6.07, 6.45) is 14.3. The van der Waals surface area contributed by atoms with Crippen molar-refractivity contribution in [3.8, 4) is 0 Å². The summed E-state index contributed by atoms with van der Waals surface area (Å²) in [6, 6.07) is 13.7. The lowest BCUT2D eigenvalue weighted by atomic mass is 9.78. The third-order valence-electron chi connectivity index (χ3n) is 6.84. The maximum atomic E-state index is 2.50. The van der Waals surface area contributed by atoms with Gasteiger partial charge in [-0.25, -0.2) is 0 Å². The minimum absolute atomic E-state index is 0.463. The number of hydrogen-bond acceptors (Lipinski definition) is 0. The van der Waals surface area contributed by atoms with Crippen molar-refractivity contribution in [1.29, 1.82) is 0 Å². The van der Waals surface area contributed by atoms with Crippen LogP contribution in [0.25, 0.3) is 23.3 Å². The molecule has 0 bridgehead atoms. The van der Waals surface area contributed by atoms with Gasteiger partial charge in [-0.2, -0.15) is 0 Å². The van der Waals surface area contributed by atoms with E-state index in [1.54, 1.807) is 5.57 Å². The average molecular weight is 365 g/mol. The monoisotopic (exact) mass is 364 g/mol. The highest BCUT2D eigenvalue weighted by atomic mass is 14.3. The Morgan fingerprint density at radius 3 is 2.64 bits per heavy atom. The van der Waals surface area contributed by atoms with E-state index in [2.05, 4.69) is 81.5 Å². The Kier molecular flexibility index (Phi) is 4.23. The van der Waals surface area contributed by atoms with Crippen LogP contribution >= 0.6 is 0 Å². The van der Waals surface area contributed by atoms with Crippen LogP contribution in [0, 0.1) is 5.92 Å². The van der Waals surface area contributed by atoms with Crippen molar-refractivity contribution < 1.29 is 0 Å². The summed E-state index contributed by atoms with van der Waals surface area (Å²) in [6.45, 7) is 6.93. The van der Waals surface area contributed by atoms with Gasteiger partial charge in [0.25, 0.3) is 0 Å². The molecule has 5 rings (SSSR count). The third kappa shape index (κ3) is 2.58. The molecule has 140 valence electrons. The summed E-state index contributed by atoms with van der Waals surface area (Å²) in [5.41, 5.74) is 11.7. The summed E-state index contributed by atoms with van der Waals surface area (Å²) in [5, 5.41) is 2.90. The summed E-state index contributed by atoms with van der Waals surface area (Å²) < 4.78 is 0. The third-order valence-corrected chi connectivity index (χ3v) is 6.84. The molecular formula is C28H28. The van der Waals surface area contributed by atoms with Crippen LogP contribution in [-0.4, -0.2) is 0 Å². The molecule has 0 saturated carbocycles. The quantitative estimate of drug-likeness (QED) is 0.633. The highest BCUT2D eigenvalue weighted by molar-refractivity contribution is 5.89. The molecule has 0 aromatic heterocycles. The zero-order chi connectivity index (χ0) is 19.3. The highest BCUT2D eigenvalue weighted by Gasteiger charge is 2.23. The second-order valence-corrected chi connectivity index (χ2v) is 8.38. The molecule has 0 heterocycles. The van der Waals surface area contributed by atoms with Crippen LogP contribution in [0.1, 0.15) is 62.3 Å². The SMILES string of the molecule is CCc1ccccc1C1=C(C)C(C)C=c2c1ccc1c2=CCC2=C1C=CCC2. The van der Waals surface area contributed by atoms with E-state index < -0.39 is 0 Å². The first-order valence-electron chi connectivity index (χ1n) is 10.7. The maximum absolute atomic E-state index is 2.50. The lowest BCUT2D eigenvalue weighted by Gasteiger charge is -2.26. The van der Waals surface area contributed by atoms with E-state index in [0.717, 1.165) is 12.8 Å². The fraction of sp³-hybridized carbons (Fsp3) is 0.286. The fourth-order valence-electron chi connectivity index (χ4n) is 5.16. The molecule has 1 unspecified atom stereocenters. The van der Waals surface area contributed by atoms with Gasteiger partial charge in [0, 0.05) is 0 Å². The van der Waals surface area contributed by atoms with Gasteiger partial charge in [-0.3, -0.25) is 0 Å². The van der Waals surface area contributed by atoms with Crippen LogP contribution in [0.2, 0.25) is 0 Å². The van der Waals surface area contributed by atoms with Crippen LogP contribution in [0.3, 0.4) is 0 Å². The number of benzene rings is 2. The van der Waals surface area contributed by atoms with Gasteiger partial charge in [-0.05, 0) is 82.4 Å². The van der Waals surface area contributed by atoms with E-state index in [1.807, 2.05) is 0 Å². The first-order valence-corrected chi connectivity index (χ1v) is 10.7. The van der Waals surface area contributed by atoms with Gasteiger partial charge in [0.2, 0.25) is 0 Å². The van der Waals surface area contributed by atoms with Gasteiger partial charge in [-0.1, -0.05) is 85.7 Å². The Balaban J connectivity index is 1.79. The van der Waals surface area contributed by atoms with Crippen molar-refractivity contribution in [1.82, 2.24) is 0 Å². The number of allylic oxidation sites excluding steroid dienone is 5. The van der Waals surface area contributed by atoms with Crippen molar-refractivity contribution in [2.75, 3.05) is 0 Å². The molecule has 3 aliphatic carbocycles. The predicted octanol–water partition coefficient (Wildman–Crippen LogP) is 5.79. The maximum Gasteiger partial charge on any atom is -0.00355 e. The second kappa shape index (κ2) is 6.78. The molecule has 2 aromatic rings. The van der Waals surface area contributed by atoms with Gasteiger partial charge in [0.1, 0.15) is 0 Å². The first-order chi connectivity index (χ1) is 13.7. The van der Waals surface area contributed by atoms with Crippen LogP contribution in [-0.2, 0) is 6.42 Å². The lowest BCUT2D eigenvalue weighted by molar-refractivity contribution is 0.899. The van der Waals surface area contributed by atoms with E-state index in [1.165, 1.54) is 62.3 Å². The normalized spacial score (nSPS) is 20.2. The van der Waals surface area contributed by atoms with Crippen LogP contribution in [0.15, 0.2) is 59.7 Å². The molecule has 0 spiro atoms. The van der Waals surface area contributed by atoms with Crippen molar-refractivity contribution in [3.05, 3.63) is 92.4 Å². The molecule has 3 aliphatic rings. The summed E-state index contributed by atoms with van der Waals surface area (Å²) >= 11 is 0. The van der Waals surface area contributed by atoms with Crippen LogP contribution in [0.5, 0.6) is 0 Å². The van der Waals surface area contributed by atoms with Gasteiger partial charge in [0.05, 0.1) is 0 Å². The van der Waals surface area contributed by atoms with Gasteiger partial charge < -0.3 is 0 Å². The number of fused-ring (bicyclic) bond motifs is 4. The molecule has 2 aromatic carbocycles. The Morgan fingerprint density at radius 2 is 1.79 bits per heavy atom. The molecular weight excluding hydrogens is 336 g/mol. The van der Waals surface area contributed by atoms with E-state index in [0.29, 0.717) is 5.92 Å². The number of rotatable bonds is 2. The molecule has 0 heteroatoms. The molecule has 0 saturated heterocycles. The summed E-state index contributed by atoms with van der Waals surface area (Å²) in [7, 11) is 0. The molecule has 0 nitrogen and oxygen atoms in total. The van der Waals surface area contributed by atoms with E-state index >= 15 is 0 Å². The molecule has 0 aliphatic heterocycles. The van der Waals surface area contributed by atoms with Crippen molar-refractivity contribution in [2.24, 2.45) is 5.92 Å². The Morgan fingerprint density at radius 1 is 0.964 bits per heavy atom. The molecule has 1 atom stereocenters. The Labute approximate surface area is 168 Å². The van der Waals surface area contributed by atoms with Crippen molar-refractivity contribution >= 4 is 23.3 Å². The predicted molar refractivity (Wildman–Crippen MR) is 121 cm³/mol. The van der Waals surface area contributed by atoms with Gasteiger partial charge in [-0.15, -0.1) is 0 Å². The minimum atomic E-state index is 0.463. The van der Waals surface area contributed by atoms with Gasteiger partial charge in [0.15, 0.2) is 0 Å². The zero-order valence-electron chi connectivity index (χ0n) is 17.2.